The van der Waals surface area contributed by atoms with Gasteiger partial charge in [-0.1, -0.05) is 26.7 Å². The first-order valence-electron chi connectivity index (χ1n) is 6.08. The molecule has 14 heavy (non-hydrogen) atoms. The van der Waals surface area contributed by atoms with E-state index in [0.29, 0.717) is 5.54 Å². The summed E-state index contributed by atoms with van der Waals surface area (Å²) in [5.41, 5.74) is 0.337. The molecule has 0 aromatic carbocycles. The van der Waals surface area contributed by atoms with Crippen molar-refractivity contribution in [2.75, 3.05) is 6.54 Å². The predicted octanol–water partition coefficient (Wildman–Crippen LogP) is 2.61. The molecule has 0 saturated carbocycles. The van der Waals surface area contributed by atoms with Crippen LogP contribution in [0.2, 0.25) is 12.1 Å². The Kier molecular flexibility index (Phi) is 4.16. The fourth-order valence-corrected chi connectivity index (χ4v) is 6.40. The Morgan fingerprint density at radius 1 is 1.21 bits per heavy atom. The Labute approximate surface area is 90.0 Å². The first kappa shape index (κ1) is 12.2. The second kappa shape index (κ2) is 4.77. The molecule has 0 spiro atoms. The maximum Gasteiger partial charge on any atom is 0.201 e. The Bertz CT molecular complexity index is 176. The van der Waals surface area contributed by atoms with Crippen LogP contribution in [0, 0.1) is 0 Å². The molecule has 0 radical (unpaired) electrons. The topological polar surface area (TPSA) is 24.1 Å². The van der Waals surface area contributed by atoms with Gasteiger partial charge in [-0.25, -0.2) is 0 Å². The van der Waals surface area contributed by atoms with Gasteiger partial charge in [0, 0.05) is 5.54 Å². The number of nitrogens with one attached hydrogen (secondary N) is 2. The van der Waals surface area contributed by atoms with Crippen molar-refractivity contribution >= 4 is 8.40 Å². The molecule has 3 heteroatoms. The molecule has 0 aromatic heterocycles. The minimum Gasteiger partial charge on any atom is -0.326 e. The van der Waals surface area contributed by atoms with Gasteiger partial charge in [-0.05, 0) is 38.9 Å². The van der Waals surface area contributed by atoms with Crippen LogP contribution in [0.25, 0.3) is 0 Å². The molecule has 2 N–H and O–H groups in total. The summed E-state index contributed by atoms with van der Waals surface area (Å²) in [5.74, 6) is 0. The van der Waals surface area contributed by atoms with Crippen LogP contribution < -0.4 is 9.96 Å². The summed E-state index contributed by atoms with van der Waals surface area (Å²) in [6, 6.07) is 2.85. The lowest BCUT2D eigenvalue weighted by Crippen LogP contribution is -2.71. The highest BCUT2D eigenvalue weighted by molar-refractivity contribution is 6.77. The van der Waals surface area contributed by atoms with E-state index in [1.165, 1.54) is 31.4 Å². The molecule has 2 nitrogen and oxygen atoms in total. The zero-order chi connectivity index (χ0) is 10.7. The van der Waals surface area contributed by atoms with Crippen LogP contribution in [0.3, 0.4) is 0 Å². The zero-order valence-corrected chi connectivity index (χ0v) is 11.2. The maximum atomic E-state index is 3.94. The average molecular weight is 214 g/mol. The summed E-state index contributed by atoms with van der Waals surface area (Å²) in [7, 11) is -1.22. The average Bonchev–Trinajstić information content (AvgIpc) is 2.00. The third kappa shape index (κ3) is 3.07. The molecule has 1 aliphatic rings. The molecular weight excluding hydrogens is 188 g/mol. The van der Waals surface area contributed by atoms with Crippen molar-refractivity contribution in [2.24, 2.45) is 0 Å². The van der Waals surface area contributed by atoms with E-state index in [-0.39, 0.29) is 0 Å². The van der Waals surface area contributed by atoms with E-state index in [9.17, 15) is 0 Å². The Morgan fingerprint density at radius 3 is 2.21 bits per heavy atom. The van der Waals surface area contributed by atoms with E-state index < -0.39 is 8.40 Å². The molecular formula is C11H26N2Si. The van der Waals surface area contributed by atoms with Gasteiger partial charge < -0.3 is 9.96 Å². The lowest BCUT2D eigenvalue weighted by atomic mass is 10.0. The quantitative estimate of drug-likeness (QED) is 0.664. The summed E-state index contributed by atoms with van der Waals surface area (Å²) in [4.78, 5) is 7.67. The molecule has 84 valence electrons. The van der Waals surface area contributed by atoms with Crippen molar-refractivity contribution < 1.29 is 0 Å². The first-order chi connectivity index (χ1) is 6.54. The highest BCUT2D eigenvalue weighted by Crippen LogP contribution is 2.30. The van der Waals surface area contributed by atoms with Crippen LogP contribution in [-0.2, 0) is 0 Å². The van der Waals surface area contributed by atoms with E-state index in [1.54, 1.807) is 0 Å². The maximum absolute atomic E-state index is 3.94. The second-order valence-corrected chi connectivity index (χ2v) is 8.99. The van der Waals surface area contributed by atoms with Crippen LogP contribution >= 0.6 is 0 Å². The highest BCUT2D eigenvalue weighted by atomic mass is 28.3. The Hall–Kier alpha value is 0.137. The van der Waals surface area contributed by atoms with Crippen LogP contribution in [0.15, 0.2) is 0 Å². The van der Waals surface area contributed by atoms with Gasteiger partial charge >= 0.3 is 0 Å². The number of rotatable bonds is 6. The lowest BCUT2D eigenvalue weighted by molar-refractivity contribution is 0.408. The van der Waals surface area contributed by atoms with Gasteiger partial charge in [-0.15, -0.1) is 0 Å². The monoisotopic (exact) mass is 214 g/mol. The molecule has 0 bridgehead atoms. The molecule has 1 rings (SSSR count). The minimum atomic E-state index is -1.22. The van der Waals surface area contributed by atoms with Crippen molar-refractivity contribution in [3.63, 3.8) is 0 Å². The van der Waals surface area contributed by atoms with Crippen LogP contribution in [0.1, 0.15) is 47.0 Å². The van der Waals surface area contributed by atoms with E-state index in [4.69, 9.17) is 0 Å². The smallest absolute Gasteiger partial charge is 0.201 e. The summed E-state index contributed by atoms with van der Waals surface area (Å²) in [5, 5.41) is 0. The molecule has 0 amide bonds. The first-order valence-corrected chi connectivity index (χ1v) is 8.49. The van der Waals surface area contributed by atoms with Gasteiger partial charge in [0.25, 0.3) is 0 Å². The predicted molar refractivity (Wildman–Crippen MR) is 65.8 cm³/mol. The lowest BCUT2D eigenvalue weighted by Gasteiger charge is -2.46. The minimum absolute atomic E-state index is 0.337. The van der Waals surface area contributed by atoms with Crippen LogP contribution in [0.4, 0.5) is 0 Å². The van der Waals surface area contributed by atoms with Crippen LogP contribution in [0.5, 0.6) is 0 Å². The fraction of sp³-hybridized carbons (Fsp3) is 1.00. The van der Waals surface area contributed by atoms with E-state index in [2.05, 4.69) is 37.7 Å². The van der Waals surface area contributed by atoms with Crippen molar-refractivity contribution in [3.8, 4) is 0 Å². The van der Waals surface area contributed by atoms with Gasteiger partial charge in [0.1, 0.15) is 0 Å². The Balaban J connectivity index is 2.46. The summed E-state index contributed by atoms with van der Waals surface area (Å²) in [6.07, 6.45) is 3.98. The van der Waals surface area contributed by atoms with E-state index >= 15 is 0 Å². The third-order valence-electron chi connectivity index (χ3n) is 3.17. The van der Waals surface area contributed by atoms with E-state index in [1.807, 2.05) is 0 Å². The standard InChI is InChI=1S/C11H26N2Si/c1-5-8-11(3,4)13-14(12-6-2)9-7-10-14/h12-13H,5-10H2,1-4H3. The molecule has 0 unspecified atom stereocenters. The zero-order valence-electron chi connectivity index (χ0n) is 10.2. The molecule has 1 heterocycles. The van der Waals surface area contributed by atoms with Gasteiger partial charge in [-0.2, -0.15) is 0 Å². The molecule has 0 atom stereocenters. The summed E-state index contributed by atoms with van der Waals surface area (Å²) < 4.78 is 0. The normalized spacial score (nSPS) is 20.6. The summed E-state index contributed by atoms with van der Waals surface area (Å²) >= 11 is 0. The highest BCUT2D eigenvalue weighted by Gasteiger charge is 2.42. The van der Waals surface area contributed by atoms with Gasteiger partial charge in [0.15, 0.2) is 0 Å². The van der Waals surface area contributed by atoms with Crippen molar-refractivity contribution in [3.05, 3.63) is 0 Å². The van der Waals surface area contributed by atoms with Crippen LogP contribution in [-0.4, -0.2) is 20.5 Å². The van der Waals surface area contributed by atoms with E-state index in [0.717, 1.165) is 6.54 Å². The van der Waals surface area contributed by atoms with Gasteiger partial charge in [0.05, 0.1) is 0 Å². The van der Waals surface area contributed by atoms with Gasteiger partial charge in [0.2, 0.25) is 8.40 Å². The fourth-order valence-electron chi connectivity index (χ4n) is 2.55. The molecule has 1 saturated heterocycles. The number of hydrogen-bond acceptors (Lipinski definition) is 2. The van der Waals surface area contributed by atoms with Gasteiger partial charge in [-0.3, -0.25) is 0 Å². The van der Waals surface area contributed by atoms with Crippen molar-refractivity contribution in [1.29, 1.82) is 0 Å². The van der Waals surface area contributed by atoms with Crippen molar-refractivity contribution in [2.45, 2.75) is 64.6 Å². The molecule has 1 aliphatic heterocycles. The molecule has 0 aliphatic carbocycles. The largest absolute Gasteiger partial charge is 0.326 e. The second-order valence-electron chi connectivity index (χ2n) is 5.22. The Morgan fingerprint density at radius 2 is 1.86 bits per heavy atom. The molecule has 1 fully saturated rings. The third-order valence-corrected chi connectivity index (χ3v) is 7.77. The number of hydrogen-bond donors (Lipinski definition) is 2. The molecule has 0 aromatic rings. The SMILES string of the molecule is CCCC(C)(C)N[Si]1(NCC)CCC1. The van der Waals surface area contributed by atoms with Crippen molar-refractivity contribution in [1.82, 2.24) is 9.96 Å². The summed E-state index contributed by atoms with van der Waals surface area (Å²) in [6.45, 7) is 10.3.